The predicted molar refractivity (Wildman–Crippen MR) is 124 cm³/mol. The first-order valence-corrected chi connectivity index (χ1v) is 10.8. The summed E-state index contributed by atoms with van der Waals surface area (Å²) in [6, 6.07) is 6.08. The zero-order chi connectivity index (χ0) is 22.8. The molecule has 166 valence electrons. The Morgan fingerprint density at radius 3 is 2.42 bits per heavy atom. The molecule has 1 amide bonds. The van der Waals surface area contributed by atoms with Crippen LogP contribution in [0.25, 0.3) is 0 Å². The van der Waals surface area contributed by atoms with Crippen molar-refractivity contribution in [3.8, 4) is 0 Å². The molecule has 2 aromatic rings. The molecule has 0 spiro atoms. The maximum atomic E-state index is 12.4. The molecule has 7 nitrogen and oxygen atoms in total. The van der Waals surface area contributed by atoms with Crippen LogP contribution in [0.4, 0.5) is 16.3 Å². The average Bonchev–Trinajstić information content (AvgIpc) is 2.67. The van der Waals surface area contributed by atoms with E-state index < -0.39 is 5.60 Å². The standard InChI is InChI=1S/C24H33N5O2/c1-15-11-19(14-25)21(28-22-12-16(2)26-17(3)27-22)13-20(15)18-7-9-29(10-8-18)23(30)31-24(4,5)6/h11-14,18,25H,7-10H2,1-6H3,(H,26,27,28). The normalized spacial score (nSPS) is 15.0. The number of carbonyl (C=O) groups excluding carboxylic acids is 1. The molecule has 3 rings (SSSR count). The summed E-state index contributed by atoms with van der Waals surface area (Å²) in [5.74, 6) is 1.79. The summed E-state index contributed by atoms with van der Waals surface area (Å²) in [6.07, 6.45) is 2.90. The summed E-state index contributed by atoms with van der Waals surface area (Å²) in [4.78, 5) is 23.0. The van der Waals surface area contributed by atoms with Gasteiger partial charge in [-0.2, -0.15) is 0 Å². The number of anilines is 2. The molecule has 1 aromatic heterocycles. The summed E-state index contributed by atoms with van der Waals surface area (Å²) in [7, 11) is 0. The van der Waals surface area contributed by atoms with Crippen LogP contribution in [-0.2, 0) is 4.74 Å². The third-order valence-electron chi connectivity index (χ3n) is 5.41. The molecule has 31 heavy (non-hydrogen) atoms. The molecule has 1 aromatic carbocycles. The second kappa shape index (κ2) is 9.04. The van der Waals surface area contributed by atoms with E-state index >= 15 is 0 Å². The molecule has 7 heteroatoms. The van der Waals surface area contributed by atoms with E-state index in [4.69, 9.17) is 10.1 Å². The monoisotopic (exact) mass is 423 g/mol. The van der Waals surface area contributed by atoms with Crippen molar-refractivity contribution in [2.75, 3.05) is 18.4 Å². The zero-order valence-electron chi connectivity index (χ0n) is 19.4. The number of likely N-dealkylation sites (tertiary alicyclic amines) is 1. The highest BCUT2D eigenvalue weighted by Crippen LogP contribution is 2.34. The molecule has 2 heterocycles. The molecule has 0 atom stereocenters. The smallest absolute Gasteiger partial charge is 0.410 e. The molecular formula is C24H33N5O2. The van der Waals surface area contributed by atoms with E-state index in [2.05, 4.69) is 28.3 Å². The van der Waals surface area contributed by atoms with Crippen LogP contribution in [0.1, 0.15) is 67.7 Å². The van der Waals surface area contributed by atoms with E-state index in [-0.39, 0.29) is 6.09 Å². The number of carbonyl (C=O) groups is 1. The molecule has 2 N–H and O–H groups in total. The third kappa shape index (κ3) is 5.81. The van der Waals surface area contributed by atoms with Crippen molar-refractivity contribution >= 4 is 23.8 Å². The van der Waals surface area contributed by atoms with Crippen LogP contribution in [0.2, 0.25) is 0 Å². The quantitative estimate of drug-likeness (QED) is 0.655. The largest absolute Gasteiger partial charge is 0.444 e. The highest BCUT2D eigenvalue weighted by atomic mass is 16.6. The third-order valence-corrected chi connectivity index (χ3v) is 5.41. The van der Waals surface area contributed by atoms with Crippen LogP contribution in [0.3, 0.4) is 0 Å². The topological polar surface area (TPSA) is 91.2 Å². The molecule has 1 aliphatic heterocycles. The van der Waals surface area contributed by atoms with Gasteiger partial charge in [-0.25, -0.2) is 14.8 Å². The number of aryl methyl sites for hydroxylation is 3. The summed E-state index contributed by atoms with van der Waals surface area (Å²) >= 11 is 0. The molecule has 1 saturated heterocycles. The molecular weight excluding hydrogens is 390 g/mol. The first kappa shape index (κ1) is 22.7. The molecule has 0 saturated carbocycles. The Bertz CT molecular complexity index is 952. The van der Waals surface area contributed by atoms with Crippen LogP contribution in [-0.4, -0.2) is 45.9 Å². The van der Waals surface area contributed by atoms with Crippen molar-refractivity contribution in [3.63, 3.8) is 0 Å². The van der Waals surface area contributed by atoms with Crippen LogP contribution in [0, 0.1) is 26.2 Å². The van der Waals surface area contributed by atoms with E-state index in [9.17, 15) is 4.79 Å². The number of nitrogens with one attached hydrogen (secondary N) is 2. The van der Waals surface area contributed by atoms with Gasteiger partial charge < -0.3 is 20.4 Å². The Kier molecular flexibility index (Phi) is 6.62. The summed E-state index contributed by atoms with van der Waals surface area (Å²) in [5.41, 5.74) is 4.51. The Morgan fingerprint density at radius 2 is 1.84 bits per heavy atom. The van der Waals surface area contributed by atoms with Gasteiger partial charge in [0.25, 0.3) is 0 Å². The summed E-state index contributed by atoms with van der Waals surface area (Å²) in [5, 5.41) is 11.2. The molecule has 0 bridgehead atoms. The number of amides is 1. The fourth-order valence-electron chi connectivity index (χ4n) is 4.03. The molecule has 1 aliphatic rings. The van der Waals surface area contributed by atoms with Gasteiger partial charge >= 0.3 is 6.09 Å². The second-order valence-electron chi connectivity index (χ2n) is 9.25. The first-order chi connectivity index (χ1) is 14.6. The lowest BCUT2D eigenvalue weighted by Gasteiger charge is -2.34. The molecule has 0 unspecified atom stereocenters. The van der Waals surface area contributed by atoms with E-state index in [0.717, 1.165) is 41.2 Å². The minimum Gasteiger partial charge on any atom is -0.444 e. The fraction of sp³-hybridized carbons (Fsp3) is 0.500. The van der Waals surface area contributed by atoms with Gasteiger partial charge in [-0.3, -0.25) is 0 Å². The van der Waals surface area contributed by atoms with Crippen LogP contribution in [0.5, 0.6) is 0 Å². The Morgan fingerprint density at radius 1 is 1.16 bits per heavy atom. The van der Waals surface area contributed by atoms with E-state index in [0.29, 0.717) is 24.8 Å². The lowest BCUT2D eigenvalue weighted by molar-refractivity contribution is 0.0205. The van der Waals surface area contributed by atoms with Gasteiger partial charge in [-0.05, 0) is 83.6 Å². The van der Waals surface area contributed by atoms with Gasteiger partial charge in [-0.15, -0.1) is 0 Å². The predicted octanol–water partition coefficient (Wildman–Crippen LogP) is 5.26. The van der Waals surface area contributed by atoms with Crippen LogP contribution in [0.15, 0.2) is 18.2 Å². The fourth-order valence-corrected chi connectivity index (χ4v) is 4.03. The first-order valence-electron chi connectivity index (χ1n) is 10.8. The van der Waals surface area contributed by atoms with Crippen molar-refractivity contribution in [2.24, 2.45) is 0 Å². The van der Waals surface area contributed by atoms with Gasteiger partial charge in [0.05, 0.1) is 0 Å². The maximum absolute atomic E-state index is 12.4. The number of nitrogens with zero attached hydrogens (tertiary/aromatic N) is 3. The number of benzene rings is 1. The highest BCUT2D eigenvalue weighted by molar-refractivity contribution is 5.88. The van der Waals surface area contributed by atoms with Gasteiger partial charge in [0.1, 0.15) is 17.2 Å². The van der Waals surface area contributed by atoms with Crippen molar-refractivity contribution in [1.29, 1.82) is 5.41 Å². The van der Waals surface area contributed by atoms with Crippen molar-refractivity contribution in [3.05, 3.63) is 46.4 Å². The number of aromatic nitrogens is 2. The minimum atomic E-state index is -0.481. The Balaban J connectivity index is 1.78. The highest BCUT2D eigenvalue weighted by Gasteiger charge is 2.28. The van der Waals surface area contributed by atoms with Crippen LogP contribution >= 0.6 is 0 Å². The van der Waals surface area contributed by atoms with Gasteiger partial charge in [0, 0.05) is 42.3 Å². The van der Waals surface area contributed by atoms with Gasteiger partial charge in [0.15, 0.2) is 0 Å². The van der Waals surface area contributed by atoms with Crippen molar-refractivity contribution < 1.29 is 9.53 Å². The van der Waals surface area contributed by atoms with E-state index in [1.54, 1.807) is 4.90 Å². The summed E-state index contributed by atoms with van der Waals surface area (Å²) in [6.45, 7) is 12.9. The maximum Gasteiger partial charge on any atom is 0.410 e. The average molecular weight is 424 g/mol. The molecule has 0 aliphatic carbocycles. The van der Waals surface area contributed by atoms with E-state index in [1.807, 2.05) is 46.8 Å². The number of piperidine rings is 1. The van der Waals surface area contributed by atoms with Crippen molar-refractivity contribution in [1.82, 2.24) is 14.9 Å². The molecule has 1 fully saturated rings. The lowest BCUT2D eigenvalue weighted by Crippen LogP contribution is -2.41. The Labute approximate surface area is 184 Å². The number of rotatable bonds is 4. The van der Waals surface area contributed by atoms with Crippen molar-refractivity contribution in [2.45, 2.75) is 65.9 Å². The molecule has 0 radical (unpaired) electrons. The second-order valence-corrected chi connectivity index (χ2v) is 9.25. The number of ether oxygens (including phenoxy) is 1. The minimum absolute atomic E-state index is 0.237. The van der Waals surface area contributed by atoms with E-state index in [1.165, 1.54) is 11.8 Å². The van der Waals surface area contributed by atoms with Gasteiger partial charge in [0.2, 0.25) is 0 Å². The lowest BCUT2D eigenvalue weighted by atomic mass is 9.85. The van der Waals surface area contributed by atoms with Crippen LogP contribution < -0.4 is 5.32 Å². The summed E-state index contributed by atoms with van der Waals surface area (Å²) < 4.78 is 5.52. The zero-order valence-corrected chi connectivity index (χ0v) is 19.4. The Hall–Kier alpha value is -2.96. The SMILES string of the molecule is Cc1cc(Nc2cc(C3CCN(C(=O)OC(C)(C)C)CC3)c(C)cc2C=N)nc(C)n1. The number of hydrogen-bond acceptors (Lipinski definition) is 6. The van der Waals surface area contributed by atoms with Gasteiger partial charge in [-0.1, -0.05) is 0 Å². The number of hydrogen-bond donors (Lipinski definition) is 2.